The van der Waals surface area contributed by atoms with Crippen LogP contribution in [0.25, 0.3) is 10.9 Å². The average Bonchev–Trinajstić information content (AvgIpc) is 3.04. The number of nitrogens with two attached hydrogens (primary N) is 1. The predicted molar refractivity (Wildman–Crippen MR) is 78.6 cm³/mol. The third kappa shape index (κ3) is 2.36. The Hall–Kier alpha value is -2.01. The Labute approximate surface area is 117 Å². The number of aromatic nitrogens is 1. The largest absolute Gasteiger partial charge is 0.399 e. The van der Waals surface area contributed by atoms with Gasteiger partial charge in [-0.15, -0.1) is 0 Å². The first-order valence-electron chi connectivity index (χ1n) is 6.87. The minimum Gasteiger partial charge on any atom is -0.399 e. The molecule has 1 aliphatic carbocycles. The number of ether oxygens (including phenoxy) is 1. The Bertz CT molecular complexity index is 635. The van der Waals surface area contributed by atoms with Crippen molar-refractivity contribution in [1.82, 2.24) is 10.3 Å². The van der Waals surface area contributed by atoms with Gasteiger partial charge in [0.25, 0.3) is 5.91 Å². The zero-order valence-corrected chi connectivity index (χ0v) is 11.5. The van der Waals surface area contributed by atoms with Gasteiger partial charge in [-0.2, -0.15) is 0 Å². The van der Waals surface area contributed by atoms with E-state index in [1.807, 2.05) is 18.2 Å². The molecule has 2 unspecified atom stereocenters. The molecule has 0 radical (unpaired) electrons. The molecule has 0 saturated heterocycles. The first-order valence-corrected chi connectivity index (χ1v) is 6.87. The number of aromatic amines is 1. The fourth-order valence-electron chi connectivity index (χ4n) is 2.88. The van der Waals surface area contributed by atoms with Crippen LogP contribution in [-0.4, -0.2) is 30.1 Å². The molecule has 4 N–H and O–H groups in total. The number of anilines is 1. The van der Waals surface area contributed by atoms with Crippen LogP contribution in [0.15, 0.2) is 24.4 Å². The molecule has 0 aliphatic heterocycles. The van der Waals surface area contributed by atoms with Crippen molar-refractivity contribution in [2.24, 2.45) is 0 Å². The van der Waals surface area contributed by atoms with E-state index in [2.05, 4.69) is 10.3 Å². The molecule has 0 bridgehead atoms. The van der Waals surface area contributed by atoms with Gasteiger partial charge in [0.2, 0.25) is 0 Å². The van der Waals surface area contributed by atoms with E-state index in [1.165, 1.54) is 0 Å². The van der Waals surface area contributed by atoms with Gasteiger partial charge >= 0.3 is 0 Å². The minimum absolute atomic E-state index is 0.0391. The van der Waals surface area contributed by atoms with Crippen molar-refractivity contribution in [2.75, 3.05) is 12.8 Å². The molecule has 20 heavy (non-hydrogen) atoms. The normalized spacial score (nSPS) is 22.2. The molecule has 1 aromatic carbocycles. The predicted octanol–water partition coefficient (Wildman–Crippen LogP) is 2.05. The SMILES string of the molecule is COC1CCC(NC(=O)c2c[nH]c3cc(N)ccc23)C1. The van der Waals surface area contributed by atoms with Gasteiger partial charge in [0.15, 0.2) is 0 Å². The summed E-state index contributed by atoms with van der Waals surface area (Å²) in [6.07, 6.45) is 4.87. The van der Waals surface area contributed by atoms with Crippen molar-refractivity contribution >= 4 is 22.5 Å². The topological polar surface area (TPSA) is 80.1 Å². The molecule has 2 atom stereocenters. The van der Waals surface area contributed by atoms with Crippen LogP contribution < -0.4 is 11.1 Å². The molecule has 1 saturated carbocycles. The third-order valence-electron chi connectivity index (χ3n) is 4.00. The van der Waals surface area contributed by atoms with E-state index in [9.17, 15) is 4.79 Å². The van der Waals surface area contributed by atoms with E-state index >= 15 is 0 Å². The maximum Gasteiger partial charge on any atom is 0.253 e. The number of rotatable bonds is 3. The maximum atomic E-state index is 12.4. The second-order valence-corrected chi connectivity index (χ2v) is 5.35. The van der Waals surface area contributed by atoms with Crippen molar-refractivity contribution in [3.63, 3.8) is 0 Å². The number of nitrogens with one attached hydrogen (secondary N) is 2. The molecular weight excluding hydrogens is 254 g/mol. The van der Waals surface area contributed by atoms with E-state index in [0.29, 0.717) is 11.3 Å². The number of methoxy groups -OCH3 is 1. The summed E-state index contributed by atoms with van der Waals surface area (Å²) in [7, 11) is 1.72. The van der Waals surface area contributed by atoms with Crippen LogP contribution >= 0.6 is 0 Å². The molecule has 3 rings (SSSR count). The van der Waals surface area contributed by atoms with E-state index in [0.717, 1.165) is 30.2 Å². The summed E-state index contributed by atoms with van der Waals surface area (Å²) in [6, 6.07) is 5.72. The van der Waals surface area contributed by atoms with Crippen molar-refractivity contribution < 1.29 is 9.53 Å². The van der Waals surface area contributed by atoms with Gasteiger partial charge in [-0.25, -0.2) is 0 Å². The highest BCUT2D eigenvalue weighted by Crippen LogP contribution is 2.24. The van der Waals surface area contributed by atoms with E-state index in [1.54, 1.807) is 13.3 Å². The van der Waals surface area contributed by atoms with Crippen LogP contribution in [0.5, 0.6) is 0 Å². The summed E-state index contributed by atoms with van der Waals surface area (Å²) in [5.41, 5.74) is 7.98. The third-order valence-corrected chi connectivity index (χ3v) is 4.00. The number of carbonyl (C=O) groups is 1. The standard InChI is InChI=1S/C15H19N3O2/c1-20-11-4-3-10(7-11)18-15(19)13-8-17-14-6-9(16)2-5-12(13)14/h2,5-6,8,10-11,17H,3-4,7,16H2,1H3,(H,18,19). The Kier molecular flexibility index (Phi) is 3.36. The van der Waals surface area contributed by atoms with Gasteiger partial charge in [-0.05, 0) is 37.5 Å². The highest BCUT2D eigenvalue weighted by molar-refractivity contribution is 6.07. The van der Waals surface area contributed by atoms with Crippen LogP contribution in [0, 0.1) is 0 Å². The van der Waals surface area contributed by atoms with Crippen molar-refractivity contribution in [3.05, 3.63) is 30.0 Å². The fraction of sp³-hybridized carbons (Fsp3) is 0.400. The van der Waals surface area contributed by atoms with Crippen molar-refractivity contribution in [3.8, 4) is 0 Å². The molecule has 1 aromatic heterocycles. The van der Waals surface area contributed by atoms with Crippen LogP contribution in [0.3, 0.4) is 0 Å². The Balaban J connectivity index is 1.76. The van der Waals surface area contributed by atoms with Gasteiger partial charge in [-0.3, -0.25) is 4.79 Å². The second kappa shape index (κ2) is 5.17. The number of carbonyl (C=O) groups excluding carboxylic acids is 1. The summed E-state index contributed by atoms with van der Waals surface area (Å²) in [6.45, 7) is 0. The number of nitrogen functional groups attached to an aromatic ring is 1. The highest BCUT2D eigenvalue weighted by atomic mass is 16.5. The average molecular weight is 273 g/mol. The highest BCUT2D eigenvalue weighted by Gasteiger charge is 2.26. The molecule has 1 fully saturated rings. The molecule has 106 valence electrons. The number of amides is 1. The molecule has 0 spiro atoms. The quantitative estimate of drug-likeness (QED) is 0.749. The molecule has 2 aromatic rings. The Morgan fingerprint density at radius 1 is 1.45 bits per heavy atom. The lowest BCUT2D eigenvalue weighted by Crippen LogP contribution is -2.33. The molecular formula is C15H19N3O2. The summed E-state index contributed by atoms with van der Waals surface area (Å²) >= 11 is 0. The summed E-state index contributed by atoms with van der Waals surface area (Å²) in [5.74, 6) is -0.0391. The summed E-state index contributed by atoms with van der Waals surface area (Å²) in [4.78, 5) is 15.4. The summed E-state index contributed by atoms with van der Waals surface area (Å²) < 4.78 is 5.33. The smallest absolute Gasteiger partial charge is 0.253 e. The van der Waals surface area contributed by atoms with Crippen LogP contribution in [0.2, 0.25) is 0 Å². The lowest BCUT2D eigenvalue weighted by molar-refractivity contribution is 0.0916. The maximum absolute atomic E-state index is 12.4. The van der Waals surface area contributed by atoms with E-state index in [4.69, 9.17) is 10.5 Å². The summed E-state index contributed by atoms with van der Waals surface area (Å²) in [5, 5.41) is 3.98. The minimum atomic E-state index is -0.0391. The lowest BCUT2D eigenvalue weighted by Gasteiger charge is -2.12. The van der Waals surface area contributed by atoms with Crippen LogP contribution in [-0.2, 0) is 4.74 Å². The van der Waals surface area contributed by atoms with Gasteiger partial charge in [0.05, 0.1) is 11.7 Å². The van der Waals surface area contributed by atoms with Gasteiger partial charge in [0, 0.05) is 35.9 Å². The number of fused-ring (bicyclic) bond motifs is 1. The van der Waals surface area contributed by atoms with Crippen LogP contribution in [0.4, 0.5) is 5.69 Å². The number of hydrogen-bond donors (Lipinski definition) is 3. The first kappa shape index (κ1) is 13.0. The Morgan fingerprint density at radius 2 is 2.30 bits per heavy atom. The molecule has 5 nitrogen and oxygen atoms in total. The molecule has 5 heteroatoms. The molecule has 1 amide bonds. The first-order chi connectivity index (χ1) is 9.67. The Morgan fingerprint density at radius 3 is 3.05 bits per heavy atom. The zero-order valence-electron chi connectivity index (χ0n) is 11.5. The van der Waals surface area contributed by atoms with Crippen molar-refractivity contribution in [1.29, 1.82) is 0 Å². The molecule has 1 aliphatic rings. The monoisotopic (exact) mass is 273 g/mol. The van der Waals surface area contributed by atoms with Crippen LogP contribution in [0.1, 0.15) is 29.6 Å². The van der Waals surface area contributed by atoms with Crippen molar-refractivity contribution in [2.45, 2.75) is 31.4 Å². The molecule has 1 heterocycles. The van der Waals surface area contributed by atoms with Gasteiger partial charge in [0.1, 0.15) is 0 Å². The van der Waals surface area contributed by atoms with E-state index < -0.39 is 0 Å². The fourth-order valence-corrected chi connectivity index (χ4v) is 2.88. The van der Waals surface area contributed by atoms with Gasteiger partial charge < -0.3 is 20.8 Å². The second-order valence-electron chi connectivity index (χ2n) is 5.35. The number of benzene rings is 1. The van der Waals surface area contributed by atoms with Gasteiger partial charge in [-0.1, -0.05) is 0 Å². The van der Waals surface area contributed by atoms with E-state index in [-0.39, 0.29) is 18.1 Å². The lowest BCUT2D eigenvalue weighted by atomic mass is 10.1. The number of hydrogen-bond acceptors (Lipinski definition) is 3. The zero-order chi connectivity index (χ0) is 14.1. The number of H-pyrrole nitrogens is 1.